The fraction of sp³-hybridized carbons (Fsp3) is 0.261. The zero-order chi connectivity index (χ0) is 24.9. The molecule has 4 aromatic rings. The number of alkyl halides is 1. The lowest BCUT2D eigenvalue weighted by atomic mass is 9.75. The van der Waals surface area contributed by atoms with Crippen LogP contribution in [0.1, 0.15) is 23.2 Å². The summed E-state index contributed by atoms with van der Waals surface area (Å²) in [4.78, 5) is 19.0. The molecule has 12 heteroatoms. The lowest BCUT2D eigenvalue weighted by Gasteiger charge is -2.48. The summed E-state index contributed by atoms with van der Waals surface area (Å²) in [6.45, 7) is -0.554. The third-order valence-electron chi connectivity index (χ3n) is 6.15. The molecule has 8 nitrogen and oxygen atoms in total. The maximum atomic E-state index is 15.4. The van der Waals surface area contributed by atoms with Gasteiger partial charge in [-0.3, -0.25) is 9.48 Å². The van der Waals surface area contributed by atoms with Gasteiger partial charge in [-0.05, 0) is 31.0 Å². The summed E-state index contributed by atoms with van der Waals surface area (Å²) in [5.41, 5.74) is -1.72. The molecule has 35 heavy (non-hydrogen) atoms. The number of carbonyl (C=O) groups is 1. The van der Waals surface area contributed by atoms with Crippen LogP contribution >= 0.6 is 11.6 Å². The molecule has 2 N–H and O–H groups in total. The van der Waals surface area contributed by atoms with Crippen molar-refractivity contribution in [3.63, 3.8) is 0 Å². The average Bonchev–Trinajstić information content (AvgIpc) is 3.44. The van der Waals surface area contributed by atoms with Crippen LogP contribution in [0.2, 0.25) is 0 Å². The molecule has 1 saturated carbocycles. The molecule has 0 unspecified atom stereocenters. The molecular formula is C23H19ClF3N5O3. The fourth-order valence-electron chi connectivity index (χ4n) is 4.42. The molecule has 1 aliphatic rings. The van der Waals surface area contributed by atoms with Crippen molar-refractivity contribution in [2.24, 2.45) is 0 Å². The van der Waals surface area contributed by atoms with Gasteiger partial charge >= 0.3 is 0 Å². The molecule has 1 aromatic carbocycles. The first-order chi connectivity index (χ1) is 16.7. The predicted molar refractivity (Wildman–Crippen MR) is 120 cm³/mol. The quantitative estimate of drug-likeness (QED) is 0.392. The summed E-state index contributed by atoms with van der Waals surface area (Å²) in [6, 6.07) is 3.54. The molecule has 3 heterocycles. The first-order valence-electron chi connectivity index (χ1n) is 10.6. The number of carbonyl (C=O) groups excluding carboxylic acids is 1. The van der Waals surface area contributed by atoms with Gasteiger partial charge in [0.2, 0.25) is 5.95 Å². The lowest BCUT2D eigenvalue weighted by molar-refractivity contribution is -0.0846. The first-order valence-corrected chi connectivity index (χ1v) is 11.1. The number of rotatable bonds is 6. The zero-order valence-corrected chi connectivity index (χ0v) is 18.8. The Balaban J connectivity index is 1.68. The van der Waals surface area contributed by atoms with E-state index in [0.29, 0.717) is 11.7 Å². The van der Waals surface area contributed by atoms with E-state index in [1.165, 1.54) is 18.3 Å². The summed E-state index contributed by atoms with van der Waals surface area (Å²) >= 11 is 5.72. The molecule has 0 atom stereocenters. The minimum atomic E-state index is -1.46. The van der Waals surface area contributed by atoms with Crippen LogP contribution in [-0.2, 0) is 6.00 Å². The third kappa shape index (κ3) is 4.05. The van der Waals surface area contributed by atoms with E-state index in [1.807, 2.05) is 0 Å². The number of nitrogens with zero attached hydrogens (tertiary/aromatic N) is 5. The zero-order valence-electron chi connectivity index (χ0n) is 18.1. The van der Waals surface area contributed by atoms with E-state index in [-0.39, 0.29) is 41.2 Å². The Hall–Kier alpha value is -3.41. The molecule has 0 saturated heterocycles. The van der Waals surface area contributed by atoms with E-state index in [2.05, 4.69) is 10.1 Å². The highest BCUT2D eigenvalue weighted by Gasteiger charge is 2.48. The number of aliphatic hydroxyl groups is 2. The van der Waals surface area contributed by atoms with Crippen molar-refractivity contribution in [2.75, 3.05) is 11.5 Å². The Kier molecular flexibility index (Phi) is 5.78. The highest BCUT2D eigenvalue weighted by atomic mass is 35.5. The van der Waals surface area contributed by atoms with Crippen LogP contribution in [0.5, 0.6) is 0 Å². The Labute approximate surface area is 201 Å². The Morgan fingerprint density at radius 2 is 1.97 bits per heavy atom. The summed E-state index contributed by atoms with van der Waals surface area (Å²) in [7, 11) is 0. The SMILES string of the molecule is O=C(c1ccn2ccnc2c1)N(c1c(F)cc(F)cc1-c1cn(CCl)nc1F)C1CC(O)(CO)C1. The first kappa shape index (κ1) is 23.3. The van der Waals surface area contributed by atoms with Crippen LogP contribution in [0.4, 0.5) is 18.9 Å². The molecule has 0 radical (unpaired) electrons. The number of hydrogen-bond donors (Lipinski definition) is 2. The Morgan fingerprint density at radius 3 is 2.66 bits per heavy atom. The van der Waals surface area contributed by atoms with E-state index in [9.17, 15) is 23.8 Å². The van der Waals surface area contributed by atoms with Crippen molar-refractivity contribution in [2.45, 2.75) is 30.5 Å². The van der Waals surface area contributed by atoms with Gasteiger partial charge in [-0.2, -0.15) is 4.39 Å². The molecule has 182 valence electrons. The minimum absolute atomic E-state index is 0.0689. The smallest absolute Gasteiger partial charge is 0.258 e. The van der Waals surface area contributed by atoms with Crippen LogP contribution in [0.15, 0.2) is 49.1 Å². The molecule has 0 spiro atoms. The summed E-state index contributed by atoms with van der Waals surface area (Å²) < 4.78 is 47.1. The molecule has 5 rings (SSSR count). The Bertz CT molecular complexity index is 1430. The number of halogens is 4. The second-order valence-electron chi connectivity index (χ2n) is 8.50. The number of pyridine rings is 1. The van der Waals surface area contributed by atoms with Crippen molar-refractivity contribution in [1.82, 2.24) is 19.2 Å². The van der Waals surface area contributed by atoms with E-state index in [1.54, 1.807) is 23.0 Å². The van der Waals surface area contributed by atoms with E-state index in [0.717, 1.165) is 15.6 Å². The van der Waals surface area contributed by atoms with Gasteiger partial charge in [-0.1, -0.05) is 0 Å². The molecule has 0 bridgehead atoms. The topological polar surface area (TPSA) is 95.9 Å². The summed E-state index contributed by atoms with van der Waals surface area (Å²) in [5.74, 6) is -3.78. The van der Waals surface area contributed by atoms with Crippen LogP contribution in [0.3, 0.4) is 0 Å². The van der Waals surface area contributed by atoms with Gasteiger partial charge < -0.3 is 19.5 Å². The van der Waals surface area contributed by atoms with E-state index in [4.69, 9.17) is 11.6 Å². The number of benzene rings is 1. The molecule has 3 aromatic heterocycles. The van der Waals surface area contributed by atoms with Gasteiger partial charge in [0.15, 0.2) is 0 Å². The number of imidazole rings is 1. The second-order valence-corrected chi connectivity index (χ2v) is 8.74. The van der Waals surface area contributed by atoms with E-state index >= 15 is 4.39 Å². The number of hydrogen-bond acceptors (Lipinski definition) is 5. The predicted octanol–water partition coefficient (Wildman–Crippen LogP) is 3.34. The van der Waals surface area contributed by atoms with E-state index < -0.39 is 41.7 Å². The molecule has 1 fully saturated rings. The van der Waals surface area contributed by atoms with Crippen molar-refractivity contribution >= 4 is 28.8 Å². The van der Waals surface area contributed by atoms with Crippen molar-refractivity contribution in [3.8, 4) is 11.1 Å². The van der Waals surface area contributed by atoms with Gasteiger partial charge in [0.05, 0.1) is 23.5 Å². The summed E-state index contributed by atoms with van der Waals surface area (Å²) in [5, 5.41) is 23.5. The maximum absolute atomic E-state index is 15.4. The third-order valence-corrected chi connectivity index (χ3v) is 6.40. The van der Waals surface area contributed by atoms with Gasteiger partial charge in [-0.25, -0.2) is 13.8 Å². The standard InChI is InChI=1S/C23H19ClF3N5O3/c24-12-31-10-17(21(27)29-31)16-6-14(25)7-18(26)20(16)32(15-8-23(35,9-15)11-33)22(34)13-1-3-30-4-2-28-19(30)5-13/h1-7,10,15,33,35H,8-9,11-12H2. The number of aliphatic hydroxyl groups excluding tert-OH is 1. The maximum Gasteiger partial charge on any atom is 0.258 e. The minimum Gasteiger partial charge on any atom is -0.393 e. The molecule has 1 aliphatic carbocycles. The van der Waals surface area contributed by atoms with Gasteiger partial charge in [0.25, 0.3) is 5.91 Å². The van der Waals surface area contributed by atoms with Crippen molar-refractivity contribution < 1.29 is 28.2 Å². The normalized spacial score (nSPS) is 19.7. The van der Waals surface area contributed by atoms with Crippen LogP contribution in [0.25, 0.3) is 16.8 Å². The number of amides is 1. The monoisotopic (exact) mass is 505 g/mol. The largest absolute Gasteiger partial charge is 0.393 e. The van der Waals surface area contributed by atoms with Crippen molar-refractivity contribution in [3.05, 3.63) is 72.2 Å². The molecule has 1 amide bonds. The van der Waals surface area contributed by atoms with Gasteiger partial charge in [-0.15, -0.1) is 16.7 Å². The second kappa shape index (κ2) is 8.67. The van der Waals surface area contributed by atoms with Gasteiger partial charge in [0.1, 0.15) is 23.3 Å². The molecule has 0 aliphatic heterocycles. The number of aromatic nitrogens is 4. The number of anilines is 1. The van der Waals surface area contributed by atoms with Gasteiger partial charge in [0, 0.05) is 48.0 Å². The lowest BCUT2D eigenvalue weighted by Crippen LogP contribution is -2.59. The summed E-state index contributed by atoms with van der Waals surface area (Å²) in [6.07, 6.45) is 5.88. The van der Waals surface area contributed by atoms with Crippen molar-refractivity contribution in [1.29, 1.82) is 0 Å². The highest BCUT2D eigenvalue weighted by Crippen LogP contribution is 2.43. The fourth-order valence-corrected chi connectivity index (χ4v) is 4.54. The Morgan fingerprint density at radius 1 is 1.20 bits per heavy atom. The van der Waals surface area contributed by atoms with Crippen LogP contribution in [-0.4, -0.2) is 53.5 Å². The highest BCUT2D eigenvalue weighted by molar-refractivity contribution is 6.15. The average molecular weight is 506 g/mol. The van der Waals surface area contributed by atoms with Crippen LogP contribution < -0.4 is 4.90 Å². The van der Waals surface area contributed by atoms with Crippen LogP contribution in [0, 0.1) is 17.6 Å². The molecular weight excluding hydrogens is 487 g/mol. The number of fused-ring (bicyclic) bond motifs is 1.